The lowest BCUT2D eigenvalue weighted by atomic mass is 10.2. The number of rotatable bonds is 6. The quantitative estimate of drug-likeness (QED) is 0.646. The maximum absolute atomic E-state index is 12.0. The third kappa shape index (κ3) is 2.89. The van der Waals surface area contributed by atoms with E-state index >= 15 is 0 Å². The molecule has 4 nitrogen and oxygen atoms in total. The van der Waals surface area contributed by atoms with E-state index in [-0.39, 0.29) is 22.1 Å². The van der Waals surface area contributed by atoms with Gasteiger partial charge in [-0.25, -0.2) is 8.42 Å². The lowest BCUT2D eigenvalue weighted by molar-refractivity contribution is 0.0992. The summed E-state index contributed by atoms with van der Waals surface area (Å²) in [6, 6.07) is 0. The molecule has 7 heteroatoms. The van der Waals surface area contributed by atoms with Crippen molar-refractivity contribution in [3.63, 3.8) is 0 Å². The van der Waals surface area contributed by atoms with Gasteiger partial charge in [-0.15, -0.1) is 23.1 Å². The lowest BCUT2D eigenvalue weighted by Gasteiger charge is -2.03. The number of Topliss-reactive ketones (excluding diaryl/α,β-unsaturated/α-hetero) is 1. The van der Waals surface area contributed by atoms with Gasteiger partial charge in [-0.3, -0.25) is 4.79 Å². The number of hydrogen-bond donors (Lipinski definition) is 1. The molecule has 0 unspecified atom stereocenters. The first-order valence-electron chi connectivity index (χ1n) is 5.69. The van der Waals surface area contributed by atoms with Crippen molar-refractivity contribution in [2.24, 2.45) is 0 Å². The molecular weight excluding hydrogens is 290 g/mol. The first kappa shape index (κ1) is 15.5. The Labute approximate surface area is 116 Å². The number of nitrogen functional groups attached to an aromatic ring is 1. The number of thiophene rings is 1. The van der Waals surface area contributed by atoms with Crippen molar-refractivity contribution < 1.29 is 13.2 Å². The smallest absolute Gasteiger partial charge is 0.182 e. The molecule has 0 aliphatic rings. The number of anilines is 1. The normalized spacial score (nSPS) is 11.7. The molecule has 102 valence electrons. The molecule has 18 heavy (non-hydrogen) atoms. The highest BCUT2D eigenvalue weighted by molar-refractivity contribution is 8.02. The van der Waals surface area contributed by atoms with Crippen molar-refractivity contribution >= 4 is 44.4 Å². The molecule has 0 radical (unpaired) electrons. The molecule has 0 spiro atoms. The summed E-state index contributed by atoms with van der Waals surface area (Å²) in [5.41, 5.74) is 6.00. The minimum atomic E-state index is -3.39. The summed E-state index contributed by atoms with van der Waals surface area (Å²) in [7, 11) is -3.39. The summed E-state index contributed by atoms with van der Waals surface area (Å²) >= 11 is 2.61. The molecule has 1 rings (SSSR count). The van der Waals surface area contributed by atoms with Crippen LogP contribution in [0.4, 0.5) is 5.69 Å². The molecule has 0 aromatic carbocycles. The fourth-order valence-electron chi connectivity index (χ4n) is 1.44. The van der Waals surface area contributed by atoms with E-state index in [9.17, 15) is 13.2 Å². The summed E-state index contributed by atoms with van der Waals surface area (Å²) in [5, 5.41) is 0. The van der Waals surface area contributed by atoms with E-state index in [1.807, 2.05) is 6.92 Å². The van der Waals surface area contributed by atoms with Gasteiger partial charge < -0.3 is 5.73 Å². The van der Waals surface area contributed by atoms with Crippen LogP contribution in [0.2, 0.25) is 0 Å². The van der Waals surface area contributed by atoms with E-state index in [0.717, 1.165) is 5.75 Å². The molecule has 1 aromatic heterocycles. The van der Waals surface area contributed by atoms with Crippen molar-refractivity contribution in [2.45, 2.75) is 36.3 Å². The third-order valence-electron chi connectivity index (χ3n) is 2.41. The molecule has 2 N–H and O–H groups in total. The Morgan fingerprint density at radius 2 is 1.94 bits per heavy atom. The van der Waals surface area contributed by atoms with Crippen molar-refractivity contribution in [3.05, 3.63) is 4.88 Å². The predicted molar refractivity (Wildman–Crippen MR) is 77.5 cm³/mol. The first-order chi connectivity index (χ1) is 8.38. The number of carbonyl (C=O) groups excluding carboxylic acids is 1. The van der Waals surface area contributed by atoms with Crippen LogP contribution in [0.15, 0.2) is 9.10 Å². The Morgan fingerprint density at radius 1 is 1.33 bits per heavy atom. The van der Waals surface area contributed by atoms with Crippen molar-refractivity contribution in [2.75, 3.05) is 17.2 Å². The average Bonchev–Trinajstić information content (AvgIpc) is 2.66. The summed E-state index contributed by atoms with van der Waals surface area (Å²) in [6.07, 6.45) is 0.326. The van der Waals surface area contributed by atoms with Crippen LogP contribution in [0.1, 0.15) is 36.9 Å². The standard InChI is InChI=1S/C11H17NO3S3/c1-4-7(13)9-8(12)10(18(14,15)6-3)11(17-9)16-5-2/h4-6,12H2,1-3H3. The van der Waals surface area contributed by atoms with Gasteiger partial charge in [0.05, 0.1) is 20.5 Å². The minimum absolute atomic E-state index is 0.00897. The summed E-state index contributed by atoms with van der Waals surface area (Å²) < 4.78 is 24.7. The number of nitrogens with two attached hydrogens (primary N) is 1. The van der Waals surface area contributed by atoms with E-state index in [1.54, 1.807) is 13.8 Å². The van der Waals surface area contributed by atoms with Gasteiger partial charge >= 0.3 is 0 Å². The molecule has 0 atom stereocenters. The van der Waals surface area contributed by atoms with Gasteiger partial charge in [0.15, 0.2) is 15.6 Å². The van der Waals surface area contributed by atoms with Crippen LogP contribution >= 0.6 is 23.1 Å². The Morgan fingerprint density at radius 3 is 2.39 bits per heavy atom. The molecule has 0 saturated heterocycles. The van der Waals surface area contributed by atoms with Gasteiger partial charge in [0.1, 0.15) is 4.90 Å². The summed E-state index contributed by atoms with van der Waals surface area (Å²) in [5.74, 6) is 0.629. The van der Waals surface area contributed by atoms with Gasteiger partial charge in [-0.05, 0) is 5.75 Å². The van der Waals surface area contributed by atoms with E-state index in [1.165, 1.54) is 23.1 Å². The fourth-order valence-corrected chi connectivity index (χ4v) is 5.75. The second-order valence-corrected chi connectivity index (χ2v) is 8.34. The molecule has 0 fully saturated rings. The van der Waals surface area contributed by atoms with E-state index < -0.39 is 9.84 Å². The number of thioether (sulfide) groups is 1. The molecule has 0 bridgehead atoms. The largest absolute Gasteiger partial charge is 0.396 e. The Bertz CT molecular complexity index is 546. The third-order valence-corrected chi connectivity index (χ3v) is 6.87. The summed E-state index contributed by atoms with van der Waals surface area (Å²) in [6.45, 7) is 5.25. The molecule has 0 amide bonds. The van der Waals surface area contributed by atoms with Crippen LogP contribution in [-0.4, -0.2) is 25.7 Å². The zero-order valence-corrected chi connectivity index (χ0v) is 13.1. The number of hydrogen-bond acceptors (Lipinski definition) is 6. The van der Waals surface area contributed by atoms with Crippen molar-refractivity contribution in [3.8, 4) is 0 Å². The van der Waals surface area contributed by atoms with Crippen LogP contribution in [0.25, 0.3) is 0 Å². The molecule has 1 aromatic rings. The van der Waals surface area contributed by atoms with E-state index in [4.69, 9.17) is 5.73 Å². The maximum Gasteiger partial charge on any atom is 0.182 e. The molecule has 0 aliphatic carbocycles. The van der Waals surface area contributed by atoms with Crippen molar-refractivity contribution in [1.29, 1.82) is 0 Å². The number of carbonyl (C=O) groups is 1. The van der Waals surface area contributed by atoms with Crippen LogP contribution in [0, 0.1) is 0 Å². The molecule has 0 aliphatic heterocycles. The van der Waals surface area contributed by atoms with E-state index in [0.29, 0.717) is 15.5 Å². The topological polar surface area (TPSA) is 77.2 Å². The maximum atomic E-state index is 12.0. The fraction of sp³-hybridized carbons (Fsp3) is 0.545. The zero-order valence-electron chi connectivity index (χ0n) is 10.6. The summed E-state index contributed by atoms with van der Waals surface area (Å²) in [4.78, 5) is 12.3. The van der Waals surface area contributed by atoms with Crippen LogP contribution in [-0.2, 0) is 9.84 Å². The molecular formula is C11H17NO3S3. The minimum Gasteiger partial charge on any atom is -0.396 e. The Balaban J connectivity index is 3.48. The lowest BCUT2D eigenvalue weighted by Crippen LogP contribution is -2.08. The highest BCUT2D eigenvalue weighted by Crippen LogP contribution is 2.42. The second-order valence-electron chi connectivity index (χ2n) is 3.57. The Kier molecular flexibility index (Phi) is 5.24. The van der Waals surface area contributed by atoms with Gasteiger partial charge in [-0.1, -0.05) is 20.8 Å². The first-order valence-corrected chi connectivity index (χ1v) is 9.15. The van der Waals surface area contributed by atoms with Crippen LogP contribution in [0.5, 0.6) is 0 Å². The van der Waals surface area contributed by atoms with Gasteiger partial charge in [0.2, 0.25) is 0 Å². The van der Waals surface area contributed by atoms with E-state index in [2.05, 4.69) is 0 Å². The second kappa shape index (κ2) is 6.08. The zero-order chi connectivity index (χ0) is 13.9. The monoisotopic (exact) mass is 307 g/mol. The number of ketones is 1. The van der Waals surface area contributed by atoms with Crippen molar-refractivity contribution in [1.82, 2.24) is 0 Å². The SMILES string of the molecule is CCSc1sc(C(=O)CC)c(N)c1S(=O)(=O)CC. The van der Waals surface area contributed by atoms with Gasteiger partial charge in [-0.2, -0.15) is 0 Å². The number of sulfone groups is 1. The van der Waals surface area contributed by atoms with Crippen LogP contribution in [0.3, 0.4) is 0 Å². The molecule has 1 heterocycles. The highest BCUT2D eigenvalue weighted by atomic mass is 32.2. The van der Waals surface area contributed by atoms with Crippen LogP contribution < -0.4 is 5.73 Å². The van der Waals surface area contributed by atoms with Gasteiger partial charge in [0.25, 0.3) is 0 Å². The van der Waals surface area contributed by atoms with Gasteiger partial charge in [0, 0.05) is 6.42 Å². The predicted octanol–water partition coefficient (Wildman–Crippen LogP) is 2.83. The Hall–Kier alpha value is -0.530. The highest BCUT2D eigenvalue weighted by Gasteiger charge is 2.27. The average molecular weight is 307 g/mol. The molecule has 0 saturated carbocycles.